The molecule has 0 fully saturated rings. The van der Waals surface area contributed by atoms with Gasteiger partial charge in [0.15, 0.2) is 0 Å². The van der Waals surface area contributed by atoms with E-state index >= 15 is 0 Å². The van der Waals surface area contributed by atoms with E-state index in [0.717, 1.165) is 18.1 Å². The van der Waals surface area contributed by atoms with Crippen molar-refractivity contribution in [2.24, 2.45) is 5.73 Å². The molecule has 2 rings (SSSR count). The van der Waals surface area contributed by atoms with Gasteiger partial charge in [-0.1, -0.05) is 0 Å². The third-order valence-corrected chi connectivity index (χ3v) is 6.25. The topological polar surface area (TPSA) is 76.2 Å². The largest absolute Gasteiger partial charge is 0.480 e. The lowest BCUT2D eigenvalue weighted by Gasteiger charge is -2.00. The lowest BCUT2D eigenvalue weighted by Crippen LogP contribution is -2.20. The molecule has 0 aromatic carbocycles. The van der Waals surface area contributed by atoms with E-state index in [4.69, 9.17) is 10.8 Å². The second kappa shape index (κ2) is 5.15. The molecule has 0 aliphatic carbocycles. The van der Waals surface area contributed by atoms with Gasteiger partial charge in [-0.05, 0) is 37.9 Å². The summed E-state index contributed by atoms with van der Waals surface area (Å²) in [5.41, 5.74) is 5.88. The summed E-state index contributed by atoms with van der Waals surface area (Å²) in [5, 5.41) is 11.2. The number of thiazole rings is 1. The van der Waals surface area contributed by atoms with Crippen molar-refractivity contribution in [1.82, 2.24) is 4.98 Å². The Kier molecular flexibility index (Phi) is 3.99. The molecule has 8 heteroatoms. The van der Waals surface area contributed by atoms with Gasteiger partial charge in [0.05, 0.1) is 14.4 Å². The molecule has 1 atom stereocenters. The van der Waals surface area contributed by atoms with E-state index in [0.29, 0.717) is 5.69 Å². The maximum absolute atomic E-state index is 10.7. The van der Waals surface area contributed by atoms with Crippen molar-refractivity contribution in [2.75, 3.05) is 0 Å². The molecule has 1 unspecified atom stereocenters. The van der Waals surface area contributed by atoms with E-state index < -0.39 is 12.0 Å². The Labute approximate surface area is 122 Å². The van der Waals surface area contributed by atoms with Gasteiger partial charge in [-0.2, -0.15) is 0 Å². The predicted molar refractivity (Wildman–Crippen MR) is 75.4 cm³/mol. The van der Waals surface area contributed by atoms with E-state index in [9.17, 15) is 4.79 Å². The van der Waals surface area contributed by atoms with E-state index in [2.05, 4.69) is 36.8 Å². The molecule has 2 aromatic heterocycles. The second-order valence-corrected chi connectivity index (χ2v) is 7.21. The first-order valence-electron chi connectivity index (χ1n) is 4.38. The molecule has 3 N–H and O–H groups in total. The zero-order chi connectivity index (χ0) is 12.6. The third-order valence-electron chi connectivity index (χ3n) is 1.96. The van der Waals surface area contributed by atoms with Gasteiger partial charge in [0.1, 0.15) is 11.0 Å². The van der Waals surface area contributed by atoms with Crippen LogP contribution in [0.2, 0.25) is 0 Å². The van der Waals surface area contributed by atoms with Crippen molar-refractivity contribution in [3.63, 3.8) is 0 Å². The maximum Gasteiger partial charge on any atom is 0.326 e. The summed E-state index contributed by atoms with van der Waals surface area (Å²) < 4.78 is 1.93. The van der Waals surface area contributed by atoms with Crippen LogP contribution in [0.25, 0.3) is 9.88 Å². The number of halogens is 2. The smallest absolute Gasteiger partial charge is 0.326 e. The monoisotopic (exact) mass is 396 g/mol. The van der Waals surface area contributed by atoms with Crippen molar-refractivity contribution in [3.8, 4) is 9.88 Å². The molecule has 4 nitrogen and oxygen atoms in total. The van der Waals surface area contributed by atoms with Crippen molar-refractivity contribution in [2.45, 2.75) is 6.04 Å². The Balaban J connectivity index is 2.32. The molecule has 2 heterocycles. The minimum atomic E-state index is -1.07. The number of hydrogen-bond donors (Lipinski definition) is 2. The Hall–Kier alpha value is -0.280. The molecule has 0 saturated carbocycles. The average Bonchev–Trinajstić information content (AvgIpc) is 2.85. The fourth-order valence-electron chi connectivity index (χ4n) is 1.12. The van der Waals surface area contributed by atoms with Gasteiger partial charge in [-0.15, -0.1) is 22.7 Å². The molecule has 0 radical (unpaired) electrons. The molecule has 17 heavy (non-hydrogen) atoms. The molecular formula is C9H6Br2N2O2S2. The van der Waals surface area contributed by atoms with E-state index in [-0.39, 0.29) is 0 Å². The van der Waals surface area contributed by atoms with Gasteiger partial charge in [0, 0.05) is 9.85 Å². The summed E-state index contributed by atoms with van der Waals surface area (Å²) >= 11 is 9.71. The SMILES string of the molecule is NC(C(=O)O)c1csc(-c2cc(Br)c(Br)s2)n1. The van der Waals surface area contributed by atoms with Crippen LogP contribution in [0.3, 0.4) is 0 Å². The van der Waals surface area contributed by atoms with Crippen molar-refractivity contribution in [3.05, 3.63) is 25.4 Å². The highest BCUT2D eigenvalue weighted by Crippen LogP contribution is 2.39. The molecule has 2 aromatic rings. The molecule has 0 aliphatic rings. The third kappa shape index (κ3) is 2.76. The zero-order valence-electron chi connectivity index (χ0n) is 8.18. The lowest BCUT2D eigenvalue weighted by atomic mass is 10.2. The summed E-state index contributed by atoms with van der Waals surface area (Å²) in [6.45, 7) is 0. The normalized spacial score (nSPS) is 12.6. The number of nitrogens with two attached hydrogens (primary N) is 1. The van der Waals surface area contributed by atoms with Crippen LogP contribution in [0, 0.1) is 0 Å². The van der Waals surface area contributed by atoms with Crippen LogP contribution < -0.4 is 5.73 Å². The summed E-state index contributed by atoms with van der Waals surface area (Å²) in [6.07, 6.45) is 0. The standard InChI is InChI=1S/C9H6Br2N2O2S2/c10-3-1-5(17-7(3)11)8-13-4(2-16-8)6(12)9(14)15/h1-2,6H,12H2,(H,14,15). The average molecular weight is 398 g/mol. The Morgan fingerprint density at radius 1 is 1.53 bits per heavy atom. The molecule has 0 aliphatic heterocycles. The lowest BCUT2D eigenvalue weighted by molar-refractivity contribution is -0.138. The summed E-state index contributed by atoms with van der Waals surface area (Å²) in [6, 6.07) is 0.871. The van der Waals surface area contributed by atoms with E-state index in [1.807, 2.05) is 6.07 Å². The summed E-state index contributed by atoms with van der Waals surface area (Å²) in [5.74, 6) is -1.07. The highest BCUT2D eigenvalue weighted by atomic mass is 79.9. The van der Waals surface area contributed by atoms with Crippen LogP contribution in [-0.4, -0.2) is 16.1 Å². The minimum Gasteiger partial charge on any atom is -0.480 e. The molecule has 0 saturated heterocycles. The van der Waals surface area contributed by atoms with Crippen LogP contribution in [0.5, 0.6) is 0 Å². The van der Waals surface area contributed by atoms with Crippen LogP contribution in [0.4, 0.5) is 0 Å². The fourth-order valence-corrected chi connectivity index (χ4v) is 4.07. The number of carbonyl (C=O) groups is 1. The van der Waals surface area contributed by atoms with Crippen molar-refractivity contribution < 1.29 is 9.90 Å². The quantitative estimate of drug-likeness (QED) is 0.831. The number of carboxylic acid groups (broad SMARTS) is 1. The second-order valence-electron chi connectivity index (χ2n) is 3.13. The number of nitrogens with zero attached hydrogens (tertiary/aromatic N) is 1. The van der Waals surface area contributed by atoms with Gasteiger partial charge < -0.3 is 10.8 Å². The number of thiophene rings is 1. The number of hydrogen-bond acceptors (Lipinski definition) is 5. The van der Waals surface area contributed by atoms with E-state index in [1.54, 1.807) is 5.38 Å². The Morgan fingerprint density at radius 3 is 2.76 bits per heavy atom. The van der Waals surface area contributed by atoms with Crippen LogP contribution in [-0.2, 0) is 4.79 Å². The first kappa shape index (κ1) is 13.2. The van der Waals surface area contributed by atoms with Gasteiger partial charge in [-0.3, -0.25) is 4.79 Å². The van der Waals surface area contributed by atoms with E-state index in [1.165, 1.54) is 22.7 Å². The van der Waals surface area contributed by atoms with Gasteiger partial charge >= 0.3 is 5.97 Å². The van der Waals surface area contributed by atoms with Crippen molar-refractivity contribution in [1.29, 1.82) is 0 Å². The Bertz CT molecular complexity index is 548. The minimum absolute atomic E-state index is 0.387. The van der Waals surface area contributed by atoms with Crippen LogP contribution in [0.1, 0.15) is 11.7 Å². The molecule has 0 bridgehead atoms. The zero-order valence-corrected chi connectivity index (χ0v) is 13.0. The number of rotatable bonds is 3. The first-order chi connectivity index (χ1) is 7.99. The number of aliphatic carboxylic acids is 1. The molecule has 90 valence electrons. The van der Waals surface area contributed by atoms with Crippen molar-refractivity contribution >= 4 is 60.5 Å². The maximum atomic E-state index is 10.7. The highest BCUT2D eigenvalue weighted by Gasteiger charge is 2.19. The highest BCUT2D eigenvalue weighted by molar-refractivity contribution is 9.13. The summed E-state index contributed by atoms with van der Waals surface area (Å²) in [4.78, 5) is 15.9. The number of carboxylic acids is 1. The van der Waals surface area contributed by atoms with Crippen LogP contribution in [0.15, 0.2) is 19.7 Å². The van der Waals surface area contributed by atoms with Gasteiger partial charge in [0.2, 0.25) is 0 Å². The fraction of sp³-hybridized carbons (Fsp3) is 0.111. The van der Waals surface area contributed by atoms with Gasteiger partial charge in [-0.25, -0.2) is 4.98 Å². The molecular weight excluding hydrogens is 392 g/mol. The Morgan fingerprint density at radius 2 is 2.24 bits per heavy atom. The van der Waals surface area contributed by atoms with Gasteiger partial charge in [0.25, 0.3) is 0 Å². The molecule has 0 spiro atoms. The predicted octanol–water partition coefficient (Wildman–Crippen LogP) is 3.48. The number of aromatic nitrogens is 1. The van der Waals surface area contributed by atoms with Crippen LogP contribution >= 0.6 is 54.5 Å². The first-order valence-corrected chi connectivity index (χ1v) is 7.66. The molecule has 0 amide bonds. The summed E-state index contributed by atoms with van der Waals surface area (Å²) in [7, 11) is 0.